The monoisotopic (exact) mass is 352 g/mol. The molecule has 0 amide bonds. The van der Waals surface area contributed by atoms with Gasteiger partial charge >= 0.3 is 5.97 Å². The summed E-state index contributed by atoms with van der Waals surface area (Å²) >= 11 is 4.86. The summed E-state index contributed by atoms with van der Waals surface area (Å²) in [6.07, 6.45) is 3.72. The van der Waals surface area contributed by atoms with Gasteiger partial charge in [0.05, 0.1) is 10.7 Å². The summed E-state index contributed by atoms with van der Waals surface area (Å²) < 4.78 is 0.937. The minimum absolute atomic E-state index is 0.402. The lowest BCUT2D eigenvalue weighted by atomic mass is 9.96. The Morgan fingerprint density at radius 2 is 2.20 bits per heavy atom. The summed E-state index contributed by atoms with van der Waals surface area (Å²) in [4.78, 5) is 19.7. The summed E-state index contributed by atoms with van der Waals surface area (Å²) in [5, 5.41) is 10.2. The molecule has 0 saturated heterocycles. The minimum atomic E-state index is -0.879. The Labute approximate surface area is 129 Å². The predicted octanol–water partition coefficient (Wildman–Crippen LogP) is 3.37. The van der Waals surface area contributed by atoms with Gasteiger partial charge in [0.25, 0.3) is 0 Å². The number of carboxylic acid groups (broad SMARTS) is 1. The SMILES string of the molecule is CSc1cc(C(Cc2cccc(Br)c2)C(=O)O)ncn1. The van der Waals surface area contributed by atoms with Crippen molar-refractivity contribution >= 4 is 33.7 Å². The number of nitrogens with zero attached hydrogens (tertiary/aromatic N) is 2. The number of carbonyl (C=O) groups is 1. The van der Waals surface area contributed by atoms with E-state index in [-0.39, 0.29) is 0 Å². The zero-order valence-electron chi connectivity index (χ0n) is 10.8. The zero-order valence-corrected chi connectivity index (χ0v) is 13.2. The first kappa shape index (κ1) is 15.0. The van der Waals surface area contributed by atoms with E-state index in [1.807, 2.05) is 30.5 Å². The summed E-state index contributed by atoms with van der Waals surface area (Å²) in [5.41, 5.74) is 1.49. The van der Waals surface area contributed by atoms with Crippen LogP contribution in [0.4, 0.5) is 0 Å². The second-order valence-corrected chi connectivity index (χ2v) is 5.95. The Morgan fingerprint density at radius 3 is 2.85 bits per heavy atom. The van der Waals surface area contributed by atoms with Crippen LogP contribution in [-0.4, -0.2) is 27.3 Å². The zero-order chi connectivity index (χ0) is 14.5. The van der Waals surface area contributed by atoms with Crippen molar-refractivity contribution in [3.05, 3.63) is 52.4 Å². The van der Waals surface area contributed by atoms with Crippen LogP contribution >= 0.6 is 27.7 Å². The number of benzene rings is 1. The number of halogens is 1. The molecule has 0 aliphatic heterocycles. The van der Waals surface area contributed by atoms with Crippen molar-refractivity contribution in [3.63, 3.8) is 0 Å². The molecule has 0 bridgehead atoms. The topological polar surface area (TPSA) is 63.1 Å². The first-order valence-corrected chi connectivity index (χ1v) is 7.95. The van der Waals surface area contributed by atoms with Gasteiger partial charge in [0.1, 0.15) is 12.2 Å². The van der Waals surface area contributed by atoms with Gasteiger partial charge in [-0.25, -0.2) is 9.97 Å². The highest BCUT2D eigenvalue weighted by molar-refractivity contribution is 9.10. The number of hydrogen-bond donors (Lipinski definition) is 1. The van der Waals surface area contributed by atoms with Gasteiger partial charge in [-0.05, 0) is 36.4 Å². The number of carboxylic acids is 1. The summed E-state index contributed by atoms with van der Waals surface area (Å²) in [6.45, 7) is 0. The second kappa shape index (κ2) is 6.85. The highest BCUT2D eigenvalue weighted by atomic mass is 79.9. The van der Waals surface area contributed by atoms with Crippen molar-refractivity contribution in [2.45, 2.75) is 17.4 Å². The Bertz CT molecular complexity index is 622. The second-order valence-electron chi connectivity index (χ2n) is 4.21. The molecule has 0 aliphatic carbocycles. The van der Waals surface area contributed by atoms with Crippen LogP contribution in [0.1, 0.15) is 17.2 Å². The molecule has 1 heterocycles. The van der Waals surface area contributed by atoms with Gasteiger partial charge in [-0.2, -0.15) is 0 Å². The normalized spacial score (nSPS) is 12.1. The fourth-order valence-corrected chi connectivity index (χ4v) is 2.71. The van der Waals surface area contributed by atoms with E-state index >= 15 is 0 Å². The average Bonchev–Trinajstić information content (AvgIpc) is 2.44. The van der Waals surface area contributed by atoms with Crippen molar-refractivity contribution in [3.8, 4) is 0 Å². The summed E-state index contributed by atoms with van der Waals surface area (Å²) in [7, 11) is 0. The van der Waals surface area contributed by atoms with Gasteiger partial charge < -0.3 is 5.11 Å². The van der Waals surface area contributed by atoms with Crippen LogP contribution < -0.4 is 0 Å². The molecule has 104 valence electrons. The molecule has 2 rings (SSSR count). The minimum Gasteiger partial charge on any atom is -0.481 e. The number of thioether (sulfide) groups is 1. The van der Waals surface area contributed by atoms with E-state index in [0.717, 1.165) is 15.1 Å². The maximum absolute atomic E-state index is 11.5. The molecule has 2 aromatic rings. The van der Waals surface area contributed by atoms with Crippen molar-refractivity contribution in [1.82, 2.24) is 9.97 Å². The molecule has 0 radical (unpaired) electrons. The smallest absolute Gasteiger partial charge is 0.312 e. The highest BCUT2D eigenvalue weighted by Crippen LogP contribution is 2.23. The first-order valence-electron chi connectivity index (χ1n) is 5.93. The fourth-order valence-electron chi connectivity index (χ4n) is 1.87. The summed E-state index contributed by atoms with van der Waals surface area (Å²) in [5.74, 6) is -1.55. The average molecular weight is 353 g/mol. The van der Waals surface area contributed by atoms with Gasteiger partial charge in [-0.3, -0.25) is 4.79 Å². The highest BCUT2D eigenvalue weighted by Gasteiger charge is 2.22. The van der Waals surface area contributed by atoms with Crippen LogP contribution in [0.15, 0.2) is 46.2 Å². The molecule has 0 fully saturated rings. The standard InChI is InChI=1S/C14H13BrN2O2S/c1-20-13-7-12(16-8-17-13)11(14(18)19)6-9-3-2-4-10(15)5-9/h2-5,7-8,11H,6H2,1H3,(H,18,19). The molecule has 1 aromatic heterocycles. The molecule has 1 unspecified atom stereocenters. The lowest BCUT2D eigenvalue weighted by Crippen LogP contribution is -2.16. The van der Waals surface area contributed by atoms with E-state index in [4.69, 9.17) is 0 Å². The Balaban J connectivity index is 2.29. The molecule has 4 nitrogen and oxygen atoms in total. The maximum atomic E-state index is 11.5. The molecule has 0 spiro atoms. The molecule has 1 N–H and O–H groups in total. The van der Waals surface area contributed by atoms with Crippen molar-refractivity contribution in [2.24, 2.45) is 0 Å². The lowest BCUT2D eigenvalue weighted by Gasteiger charge is -2.12. The van der Waals surface area contributed by atoms with Gasteiger partial charge in [-0.1, -0.05) is 28.1 Å². The van der Waals surface area contributed by atoms with Crippen LogP contribution in [0.2, 0.25) is 0 Å². The third-order valence-corrected chi connectivity index (χ3v) is 3.99. The Morgan fingerprint density at radius 1 is 1.40 bits per heavy atom. The van der Waals surface area contributed by atoms with Crippen LogP contribution in [0.25, 0.3) is 0 Å². The molecule has 0 saturated carbocycles. The van der Waals surface area contributed by atoms with Gasteiger partial charge in [-0.15, -0.1) is 11.8 Å². The van der Waals surface area contributed by atoms with E-state index in [1.165, 1.54) is 18.1 Å². The molecular weight excluding hydrogens is 340 g/mol. The van der Waals surface area contributed by atoms with Crippen LogP contribution in [-0.2, 0) is 11.2 Å². The van der Waals surface area contributed by atoms with E-state index in [2.05, 4.69) is 25.9 Å². The van der Waals surface area contributed by atoms with E-state index in [1.54, 1.807) is 6.07 Å². The predicted molar refractivity (Wildman–Crippen MR) is 82.0 cm³/mol. The molecule has 6 heteroatoms. The van der Waals surface area contributed by atoms with Gasteiger partial charge in [0.15, 0.2) is 0 Å². The molecule has 1 atom stereocenters. The van der Waals surface area contributed by atoms with Crippen LogP contribution in [0, 0.1) is 0 Å². The molecule has 20 heavy (non-hydrogen) atoms. The van der Waals surface area contributed by atoms with Gasteiger partial charge in [0.2, 0.25) is 0 Å². The fraction of sp³-hybridized carbons (Fsp3) is 0.214. The number of aromatic nitrogens is 2. The Kier molecular flexibility index (Phi) is 5.14. The van der Waals surface area contributed by atoms with Crippen molar-refractivity contribution < 1.29 is 9.90 Å². The van der Waals surface area contributed by atoms with E-state index in [0.29, 0.717) is 12.1 Å². The van der Waals surface area contributed by atoms with Crippen molar-refractivity contribution in [2.75, 3.05) is 6.26 Å². The Hall–Kier alpha value is -1.40. The quantitative estimate of drug-likeness (QED) is 0.660. The van der Waals surface area contributed by atoms with Crippen LogP contribution in [0.3, 0.4) is 0 Å². The number of aliphatic carboxylic acids is 1. The summed E-state index contributed by atoms with van der Waals surface area (Å²) in [6, 6.07) is 9.38. The first-order chi connectivity index (χ1) is 9.60. The van der Waals surface area contributed by atoms with Gasteiger partial charge in [0, 0.05) is 4.47 Å². The third kappa shape index (κ3) is 3.80. The number of rotatable bonds is 5. The van der Waals surface area contributed by atoms with Crippen LogP contribution in [0.5, 0.6) is 0 Å². The van der Waals surface area contributed by atoms with E-state index in [9.17, 15) is 9.90 Å². The largest absolute Gasteiger partial charge is 0.481 e. The van der Waals surface area contributed by atoms with E-state index < -0.39 is 11.9 Å². The molecular formula is C14H13BrN2O2S. The molecule has 1 aromatic carbocycles. The van der Waals surface area contributed by atoms with Crippen molar-refractivity contribution in [1.29, 1.82) is 0 Å². The maximum Gasteiger partial charge on any atom is 0.312 e. The molecule has 0 aliphatic rings. The lowest BCUT2D eigenvalue weighted by molar-refractivity contribution is -0.138. The number of hydrogen-bond acceptors (Lipinski definition) is 4. The third-order valence-electron chi connectivity index (χ3n) is 2.86.